The van der Waals surface area contributed by atoms with Gasteiger partial charge in [-0.15, -0.1) is 11.3 Å². The highest BCUT2D eigenvalue weighted by Gasteiger charge is 2.22. The minimum atomic E-state index is -0.542. The normalized spacial score (nSPS) is 12.6. The lowest BCUT2D eigenvalue weighted by Gasteiger charge is -2.09. The maximum atomic E-state index is 12.8. The highest BCUT2D eigenvalue weighted by atomic mass is 79.9. The fraction of sp³-hybridized carbons (Fsp3) is 0.185. The second-order valence-electron chi connectivity index (χ2n) is 7.94. The minimum Gasteiger partial charge on any atom is -0.488 e. The lowest BCUT2D eigenvalue weighted by molar-refractivity contribution is -0.112. The van der Waals surface area contributed by atoms with Gasteiger partial charge in [0.25, 0.3) is 5.91 Å². The maximum absolute atomic E-state index is 12.8. The Balaban J connectivity index is 1.47. The predicted molar refractivity (Wildman–Crippen MR) is 138 cm³/mol. The molecule has 1 heterocycles. The molecule has 35 heavy (non-hydrogen) atoms. The topological polar surface area (TPSA) is 110 Å². The van der Waals surface area contributed by atoms with Crippen molar-refractivity contribution in [1.29, 1.82) is 15.8 Å². The molecule has 0 bridgehead atoms. The number of nitrogens with zero attached hydrogens (tertiary/aromatic N) is 3. The molecule has 4 rings (SSSR count). The fourth-order valence-electron chi connectivity index (χ4n) is 3.82. The highest BCUT2D eigenvalue weighted by Crippen LogP contribution is 2.38. The van der Waals surface area contributed by atoms with Crippen molar-refractivity contribution in [2.75, 3.05) is 5.32 Å². The van der Waals surface area contributed by atoms with E-state index in [4.69, 9.17) is 10.00 Å². The third-order valence-electron chi connectivity index (χ3n) is 5.62. The van der Waals surface area contributed by atoms with Crippen LogP contribution >= 0.6 is 27.3 Å². The van der Waals surface area contributed by atoms with Gasteiger partial charge >= 0.3 is 0 Å². The zero-order valence-corrected chi connectivity index (χ0v) is 21.0. The van der Waals surface area contributed by atoms with Crippen molar-refractivity contribution in [3.05, 3.63) is 85.2 Å². The largest absolute Gasteiger partial charge is 0.488 e. The summed E-state index contributed by atoms with van der Waals surface area (Å²) < 4.78 is 6.53. The molecule has 6 nitrogen and oxygen atoms in total. The molecule has 1 amide bonds. The molecular weight excluding hydrogens is 524 g/mol. The molecule has 1 aromatic heterocycles. The molecule has 0 spiro atoms. The van der Waals surface area contributed by atoms with Crippen LogP contribution in [-0.4, -0.2) is 5.91 Å². The van der Waals surface area contributed by atoms with Gasteiger partial charge in [0, 0.05) is 4.88 Å². The number of carbonyl (C=O) groups excluding carboxylic acids is 1. The van der Waals surface area contributed by atoms with E-state index in [1.807, 2.05) is 18.2 Å². The molecule has 8 heteroatoms. The lowest BCUT2D eigenvalue weighted by Crippen LogP contribution is -2.13. The Hall–Kier alpha value is -3.90. The Morgan fingerprint density at radius 3 is 2.54 bits per heavy atom. The quantitative estimate of drug-likeness (QED) is 0.292. The van der Waals surface area contributed by atoms with Crippen LogP contribution in [0, 0.1) is 34.0 Å². The number of hydrogen-bond acceptors (Lipinski definition) is 6. The van der Waals surface area contributed by atoms with E-state index in [0.717, 1.165) is 41.7 Å². The number of amides is 1. The zero-order valence-electron chi connectivity index (χ0n) is 18.6. The van der Waals surface area contributed by atoms with Crippen LogP contribution in [0.1, 0.15) is 45.5 Å². The number of ether oxygens (including phenoxy) is 1. The van der Waals surface area contributed by atoms with Crippen molar-refractivity contribution in [2.45, 2.75) is 32.3 Å². The van der Waals surface area contributed by atoms with Crippen molar-refractivity contribution in [3.8, 4) is 24.0 Å². The van der Waals surface area contributed by atoms with Gasteiger partial charge in [-0.3, -0.25) is 4.79 Å². The number of carbonyl (C=O) groups is 1. The molecule has 1 N–H and O–H groups in total. The van der Waals surface area contributed by atoms with Crippen LogP contribution in [0.5, 0.6) is 5.75 Å². The summed E-state index contributed by atoms with van der Waals surface area (Å²) >= 11 is 4.91. The third kappa shape index (κ3) is 5.61. The maximum Gasteiger partial charge on any atom is 0.266 e. The molecular formula is C27H19BrN4O2S. The molecule has 0 saturated heterocycles. The Bertz CT molecular complexity index is 1440. The number of thiophene rings is 1. The van der Waals surface area contributed by atoms with Gasteiger partial charge in [-0.05, 0) is 88.6 Å². The second-order valence-corrected chi connectivity index (χ2v) is 9.90. The summed E-state index contributed by atoms with van der Waals surface area (Å²) in [4.78, 5) is 14.0. The van der Waals surface area contributed by atoms with E-state index in [9.17, 15) is 15.3 Å². The number of aryl methyl sites for hydroxylation is 1. The average Bonchev–Trinajstić information content (AvgIpc) is 3.23. The standard InChI is InChI=1S/C27H19BrN4O2S/c28-23-12-19(9-10-24(23)34-16-18-7-5-17(13-29)6-8-18)11-20(14-30)26(33)32-27-22(15-31)21-3-1-2-4-25(21)35-27/h5-12H,1-4,16H2,(H,32,33). The van der Waals surface area contributed by atoms with Crippen LogP contribution in [0.25, 0.3) is 6.08 Å². The van der Waals surface area contributed by atoms with E-state index in [1.54, 1.807) is 30.3 Å². The summed E-state index contributed by atoms with van der Waals surface area (Å²) in [5.41, 5.74) is 3.66. The van der Waals surface area contributed by atoms with E-state index in [-0.39, 0.29) is 5.57 Å². The van der Waals surface area contributed by atoms with Gasteiger partial charge in [0.15, 0.2) is 0 Å². The molecule has 0 unspecified atom stereocenters. The first-order chi connectivity index (χ1) is 17.0. The van der Waals surface area contributed by atoms with E-state index >= 15 is 0 Å². The molecule has 0 aliphatic heterocycles. The van der Waals surface area contributed by atoms with Crippen molar-refractivity contribution in [3.63, 3.8) is 0 Å². The molecule has 1 aliphatic rings. The van der Waals surface area contributed by atoms with Crippen molar-refractivity contribution in [1.82, 2.24) is 0 Å². The van der Waals surface area contributed by atoms with E-state index in [0.29, 0.717) is 38.5 Å². The van der Waals surface area contributed by atoms with E-state index in [1.165, 1.54) is 17.4 Å². The molecule has 3 aromatic rings. The number of anilines is 1. The van der Waals surface area contributed by atoms with Gasteiger partial charge in [0.05, 0.1) is 21.7 Å². The molecule has 0 radical (unpaired) electrons. The van der Waals surface area contributed by atoms with Gasteiger partial charge < -0.3 is 10.1 Å². The molecule has 2 aromatic carbocycles. The number of halogens is 1. The number of nitriles is 3. The first kappa shape index (κ1) is 24.2. The van der Waals surface area contributed by atoms with Crippen LogP contribution in [0.3, 0.4) is 0 Å². The lowest BCUT2D eigenvalue weighted by atomic mass is 9.96. The van der Waals surface area contributed by atoms with E-state index in [2.05, 4.69) is 33.4 Å². The predicted octanol–water partition coefficient (Wildman–Crippen LogP) is 6.26. The van der Waals surface area contributed by atoms with Crippen LogP contribution in [0.15, 0.2) is 52.5 Å². The first-order valence-corrected chi connectivity index (χ1v) is 12.5. The zero-order chi connectivity index (χ0) is 24.8. The van der Waals surface area contributed by atoms with Gasteiger partial charge in [-0.2, -0.15) is 15.8 Å². The summed E-state index contributed by atoms with van der Waals surface area (Å²) in [6.07, 6.45) is 5.39. The molecule has 172 valence electrons. The van der Waals surface area contributed by atoms with Crippen molar-refractivity contribution < 1.29 is 9.53 Å². The summed E-state index contributed by atoms with van der Waals surface area (Å²) in [6, 6.07) is 18.7. The minimum absolute atomic E-state index is 0.0570. The third-order valence-corrected chi connectivity index (χ3v) is 7.45. The van der Waals surface area contributed by atoms with Gasteiger partial charge in [-0.25, -0.2) is 0 Å². The molecule has 0 saturated carbocycles. The Labute approximate surface area is 215 Å². The fourth-order valence-corrected chi connectivity index (χ4v) is 5.56. The van der Waals surface area contributed by atoms with Crippen LogP contribution in [0.4, 0.5) is 5.00 Å². The van der Waals surface area contributed by atoms with Gasteiger partial charge in [0.1, 0.15) is 35.1 Å². The second kappa shape index (κ2) is 11.0. The number of rotatable bonds is 6. The highest BCUT2D eigenvalue weighted by molar-refractivity contribution is 9.10. The Morgan fingerprint density at radius 2 is 1.86 bits per heavy atom. The average molecular weight is 543 g/mol. The SMILES string of the molecule is N#CC(=Cc1ccc(OCc2ccc(C#N)cc2)c(Br)c1)C(=O)Nc1sc2c(c1C#N)CCCC2. The Kier molecular flexibility index (Phi) is 7.63. The first-order valence-electron chi connectivity index (χ1n) is 10.9. The number of fused-ring (bicyclic) bond motifs is 1. The van der Waals surface area contributed by atoms with Crippen LogP contribution in [0.2, 0.25) is 0 Å². The summed E-state index contributed by atoms with van der Waals surface area (Å²) in [7, 11) is 0. The molecule has 0 atom stereocenters. The summed E-state index contributed by atoms with van der Waals surface area (Å²) in [5, 5.41) is 31.4. The van der Waals surface area contributed by atoms with Gasteiger partial charge in [-0.1, -0.05) is 18.2 Å². The summed E-state index contributed by atoms with van der Waals surface area (Å²) in [5.74, 6) is 0.0668. The summed E-state index contributed by atoms with van der Waals surface area (Å²) in [6.45, 7) is 0.331. The molecule has 0 fully saturated rings. The van der Waals surface area contributed by atoms with Gasteiger partial charge in [0.2, 0.25) is 0 Å². The van der Waals surface area contributed by atoms with Crippen molar-refractivity contribution >= 4 is 44.3 Å². The van der Waals surface area contributed by atoms with Crippen molar-refractivity contribution in [2.24, 2.45) is 0 Å². The monoisotopic (exact) mass is 542 g/mol. The number of hydrogen-bond donors (Lipinski definition) is 1. The van der Waals surface area contributed by atoms with E-state index < -0.39 is 5.91 Å². The number of benzene rings is 2. The molecule has 1 aliphatic carbocycles. The van der Waals surface area contributed by atoms with Crippen LogP contribution < -0.4 is 10.1 Å². The Morgan fingerprint density at radius 1 is 1.09 bits per heavy atom. The smallest absolute Gasteiger partial charge is 0.266 e. The number of nitrogens with one attached hydrogen (secondary N) is 1. The van der Waals surface area contributed by atoms with Crippen LogP contribution in [-0.2, 0) is 24.2 Å².